The van der Waals surface area contributed by atoms with Gasteiger partial charge in [0.2, 0.25) is 8.32 Å². The van der Waals surface area contributed by atoms with Gasteiger partial charge < -0.3 is 9.53 Å². The molecule has 2 nitrogen and oxygen atoms in total. The Morgan fingerprint density at radius 3 is 2.28 bits per heavy atom. The van der Waals surface area contributed by atoms with Gasteiger partial charge in [0.05, 0.1) is 6.10 Å². The zero-order chi connectivity index (χ0) is 14.1. The van der Waals surface area contributed by atoms with E-state index in [1.165, 1.54) is 12.1 Å². The summed E-state index contributed by atoms with van der Waals surface area (Å²) in [5.41, 5.74) is 0.514. The smallest absolute Gasteiger partial charge is 0.250 e. The minimum absolute atomic E-state index is 0.0668. The van der Waals surface area contributed by atoms with Crippen molar-refractivity contribution >= 4 is 8.32 Å². The molecule has 0 aliphatic rings. The summed E-state index contributed by atoms with van der Waals surface area (Å²) >= 11 is 0. The van der Waals surface area contributed by atoms with Crippen LogP contribution >= 0.6 is 0 Å². The van der Waals surface area contributed by atoms with Crippen LogP contribution in [0.3, 0.4) is 0 Å². The summed E-state index contributed by atoms with van der Waals surface area (Å²) in [6.07, 6.45) is -0.736. The van der Waals surface area contributed by atoms with E-state index in [1.807, 2.05) is 0 Å². The van der Waals surface area contributed by atoms with E-state index in [-0.39, 0.29) is 10.9 Å². The van der Waals surface area contributed by atoms with Crippen LogP contribution in [0.4, 0.5) is 4.39 Å². The predicted octanol–water partition coefficient (Wildman–Crippen LogP) is 4.26. The Bertz CT molecular complexity index is 422. The van der Waals surface area contributed by atoms with Crippen LogP contribution in [0.25, 0.3) is 0 Å². The van der Waals surface area contributed by atoms with Gasteiger partial charge in [-0.2, -0.15) is 0 Å². The fourth-order valence-corrected chi connectivity index (χ4v) is 2.41. The Hall–Kier alpha value is -0.873. The van der Waals surface area contributed by atoms with E-state index < -0.39 is 14.4 Å². The zero-order valence-corrected chi connectivity index (χ0v) is 13.0. The van der Waals surface area contributed by atoms with Crippen LogP contribution < -0.4 is 4.43 Å². The van der Waals surface area contributed by atoms with Crippen LogP contribution in [0.1, 0.15) is 39.4 Å². The maximum atomic E-state index is 13.2. The topological polar surface area (TPSA) is 29.5 Å². The van der Waals surface area contributed by atoms with Gasteiger partial charge in [-0.1, -0.05) is 20.8 Å². The zero-order valence-electron chi connectivity index (χ0n) is 12.0. The van der Waals surface area contributed by atoms with Crippen LogP contribution in [0.2, 0.25) is 18.1 Å². The molecule has 0 saturated carbocycles. The third kappa shape index (κ3) is 3.33. The third-order valence-electron chi connectivity index (χ3n) is 3.59. The van der Waals surface area contributed by atoms with Crippen molar-refractivity contribution in [2.75, 3.05) is 0 Å². The molecule has 1 atom stereocenters. The molecule has 1 aromatic rings. The number of hydrogen-bond acceptors (Lipinski definition) is 2. The average Bonchev–Trinajstić information content (AvgIpc) is 2.18. The lowest BCUT2D eigenvalue weighted by molar-refractivity contribution is 0.195. The molecule has 0 heterocycles. The van der Waals surface area contributed by atoms with E-state index in [9.17, 15) is 9.50 Å². The molecule has 102 valence electrons. The lowest BCUT2D eigenvalue weighted by Crippen LogP contribution is -2.44. The lowest BCUT2D eigenvalue weighted by atomic mass is 10.1. The molecule has 0 bridgehead atoms. The lowest BCUT2D eigenvalue weighted by Gasteiger charge is -2.37. The average molecular weight is 270 g/mol. The molecule has 0 radical (unpaired) electrons. The summed E-state index contributed by atoms with van der Waals surface area (Å²) in [6.45, 7) is 12.3. The highest BCUT2D eigenvalue weighted by atomic mass is 28.4. The van der Waals surface area contributed by atoms with Gasteiger partial charge in [-0.15, -0.1) is 0 Å². The van der Waals surface area contributed by atoms with Crippen molar-refractivity contribution in [3.05, 3.63) is 29.6 Å². The van der Waals surface area contributed by atoms with Crippen LogP contribution in [-0.4, -0.2) is 13.4 Å². The molecule has 0 fully saturated rings. The van der Waals surface area contributed by atoms with Gasteiger partial charge in [0.1, 0.15) is 11.6 Å². The van der Waals surface area contributed by atoms with Crippen LogP contribution in [0, 0.1) is 5.82 Å². The molecular formula is C14H23FO2Si. The Labute approximate surface area is 110 Å². The first kappa shape index (κ1) is 15.2. The first-order valence-corrected chi connectivity index (χ1v) is 9.12. The van der Waals surface area contributed by atoms with E-state index in [4.69, 9.17) is 4.43 Å². The number of aliphatic hydroxyl groups is 1. The fraction of sp³-hybridized carbons (Fsp3) is 0.571. The maximum Gasteiger partial charge on any atom is 0.250 e. The second-order valence-corrected chi connectivity index (χ2v) is 10.9. The molecule has 0 amide bonds. The second kappa shape index (κ2) is 5.01. The maximum absolute atomic E-state index is 13.2. The van der Waals surface area contributed by atoms with Gasteiger partial charge in [-0.05, 0) is 43.3 Å². The largest absolute Gasteiger partial charge is 0.543 e. The van der Waals surface area contributed by atoms with Gasteiger partial charge in [0.25, 0.3) is 0 Å². The van der Waals surface area contributed by atoms with Gasteiger partial charge in [0, 0.05) is 5.56 Å². The van der Waals surface area contributed by atoms with E-state index in [1.54, 1.807) is 13.0 Å². The Morgan fingerprint density at radius 2 is 1.83 bits per heavy atom. The number of halogens is 1. The van der Waals surface area contributed by atoms with Crippen molar-refractivity contribution < 1.29 is 13.9 Å². The molecule has 4 heteroatoms. The molecular weight excluding hydrogens is 247 g/mol. The molecule has 0 spiro atoms. The SMILES string of the molecule is CC(O)c1cc(F)ccc1O[Si](C)(C)C(C)(C)C. The van der Waals surface area contributed by atoms with Crippen LogP contribution in [0.15, 0.2) is 18.2 Å². The Kier molecular flexibility index (Phi) is 4.23. The Morgan fingerprint density at radius 1 is 1.28 bits per heavy atom. The minimum atomic E-state index is -1.97. The van der Waals surface area contributed by atoms with Crippen molar-refractivity contribution in [2.45, 2.75) is 51.9 Å². The monoisotopic (exact) mass is 270 g/mol. The van der Waals surface area contributed by atoms with Gasteiger partial charge in [-0.25, -0.2) is 4.39 Å². The molecule has 0 saturated heterocycles. The summed E-state index contributed by atoms with van der Waals surface area (Å²) in [7, 11) is -1.97. The van der Waals surface area contributed by atoms with Crippen LogP contribution in [-0.2, 0) is 0 Å². The normalized spacial score (nSPS) is 14.4. The molecule has 0 aromatic heterocycles. The third-order valence-corrected chi connectivity index (χ3v) is 7.94. The highest BCUT2D eigenvalue weighted by Crippen LogP contribution is 2.39. The highest BCUT2D eigenvalue weighted by molar-refractivity contribution is 6.74. The summed E-state index contributed by atoms with van der Waals surface area (Å²) in [6, 6.07) is 4.32. The van der Waals surface area contributed by atoms with E-state index in [2.05, 4.69) is 33.9 Å². The standard InChI is InChI=1S/C14H23FO2Si/c1-10(16)12-9-11(15)7-8-13(12)17-18(5,6)14(2,3)4/h7-10,16H,1-6H3. The highest BCUT2D eigenvalue weighted by Gasteiger charge is 2.39. The van der Waals surface area contributed by atoms with Crippen LogP contribution in [0.5, 0.6) is 5.75 Å². The van der Waals surface area contributed by atoms with E-state index >= 15 is 0 Å². The van der Waals surface area contributed by atoms with Crippen molar-refractivity contribution in [1.29, 1.82) is 0 Å². The molecule has 0 aliphatic carbocycles. The molecule has 1 rings (SSSR count). The summed E-state index contributed by atoms with van der Waals surface area (Å²) in [4.78, 5) is 0. The number of benzene rings is 1. The molecule has 1 N–H and O–H groups in total. The Balaban J connectivity index is 3.12. The van der Waals surface area contributed by atoms with Crippen molar-refractivity contribution in [3.63, 3.8) is 0 Å². The quantitative estimate of drug-likeness (QED) is 0.831. The summed E-state index contributed by atoms with van der Waals surface area (Å²) in [5.74, 6) is 0.242. The van der Waals surface area contributed by atoms with Gasteiger partial charge in [0.15, 0.2) is 0 Å². The number of hydrogen-bond donors (Lipinski definition) is 1. The fourth-order valence-electron chi connectivity index (χ4n) is 1.37. The van der Waals surface area contributed by atoms with Gasteiger partial charge >= 0.3 is 0 Å². The first-order chi connectivity index (χ1) is 8.04. The summed E-state index contributed by atoms with van der Waals surface area (Å²) in [5, 5.41) is 9.76. The van der Waals surface area contributed by atoms with Crippen molar-refractivity contribution in [1.82, 2.24) is 0 Å². The number of aliphatic hydroxyl groups excluding tert-OH is 1. The van der Waals surface area contributed by atoms with Gasteiger partial charge in [-0.3, -0.25) is 0 Å². The van der Waals surface area contributed by atoms with Crippen molar-refractivity contribution in [2.24, 2.45) is 0 Å². The number of rotatable bonds is 3. The first-order valence-electron chi connectivity index (χ1n) is 6.21. The molecule has 18 heavy (non-hydrogen) atoms. The van der Waals surface area contributed by atoms with Crippen molar-refractivity contribution in [3.8, 4) is 5.75 Å². The molecule has 1 unspecified atom stereocenters. The van der Waals surface area contributed by atoms with E-state index in [0.29, 0.717) is 11.3 Å². The van der Waals surface area contributed by atoms with E-state index in [0.717, 1.165) is 0 Å². The second-order valence-electron chi connectivity index (χ2n) is 6.22. The minimum Gasteiger partial charge on any atom is -0.543 e. The molecule has 0 aliphatic heterocycles. The summed E-state index contributed by atoms with van der Waals surface area (Å²) < 4.78 is 19.3. The molecule has 1 aromatic carbocycles. The predicted molar refractivity (Wildman–Crippen MR) is 74.9 cm³/mol.